The molecule has 248 valence electrons. The van der Waals surface area contributed by atoms with Crippen molar-refractivity contribution >= 4 is 56.3 Å². The number of aromatic nitrogens is 2. The Hall–Kier alpha value is -5.26. The molecule has 49 heavy (non-hydrogen) atoms. The zero-order valence-electron chi connectivity index (χ0n) is 27.4. The summed E-state index contributed by atoms with van der Waals surface area (Å²) in [4.78, 5) is 51.7. The highest BCUT2D eigenvalue weighted by atomic mass is 32.1. The molecular weight excluding hydrogens is 658 g/mol. The van der Waals surface area contributed by atoms with E-state index in [4.69, 9.17) is 0 Å². The van der Waals surface area contributed by atoms with Gasteiger partial charge in [0.1, 0.15) is 17.6 Å². The largest absolute Gasteiger partial charge is 0.339 e. The quantitative estimate of drug-likeness (QED) is 0.159. The molecule has 2 N–H and O–H groups in total. The van der Waals surface area contributed by atoms with Gasteiger partial charge in [-0.15, -0.1) is 22.7 Å². The second-order valence-electron chi connectivity index (χ2n) is 12.7. The van der Waals surface area contributed by atoms with Crippen LogP contribution in [-0.2, 0) is 16.8 Å². The summed E-state index contributed by atoms with van der Waals surface area (Å²) >= 11 is 2.57. The number of benzene rings is 4. The summed E-state index contributed by atoms with van der Waals surface area (Å²) in [6.45, 7) is 6.71. The Labute approximate surface area is 291 Å². The average molecular weight is 692 g/mol. The summed E-state index contributed by atoms with van der Waals surface area (Å²) in [7, 11) is 1.64. The molecule has 0 saturated heterocycles. The van der Waals surface area contributed by atoms with Crippen molar-refractivity contribution in [1.29, 1.82) is 0 Å². The molecule has 3 amide bonds. The molecule has 2 heterocycles. The minimum Gasteiger partial charge on any atom is -0.339 e. The van der Waals surface area contributed by atoms with Gasteiger partial charge in [-0.05, 0) is 58.0 Å². The van der Waals surface area contributed by atoms with Crippen molar-refractivity contribution in [3.8, 4) is 10.4 Å². The van der Waals surface area contributed by atoms with Crippen molar-refractivity contribution in [1.82, 2.24) is 20.2 Å². The van der Waals surface area contributed by atoms with E-state index in [0.29, 0.717) is 27.2 Å². The molecule has 6 aromatic rings. The Balaban J connectivity index is 1.17. The van der Waals surface area contributed by atoms with E-state index in [1.807, 2.05) is 18.2 Å². The zero-order chi connectivity index (χ0) is 34.7. The van der Waals surface area contributed by atoms with Crippen LogP contribution in [0.15, 0.2) is 103 Å². The van der Waals surface area contributed by atoms with E-state index >= 15 is 0 Å². The normalized spacial score (nSPS) is 12.0. The summed E-state index contributed by atoms with van der Waals surface area (Å²) in [5.74, 6) is -1.54. The fraction of sp³-hybridized carbons (Fsp3) is 0.184. The van der Waals surface area contributed by atoms with E-state index in [2.05, 4.69) is 53.5 Å². The van der Waals surface area contributed by atoms with E-state index in [9.17, 15) is 18.8 Å². The lowest BCUT2D eigenvalue weighted by atomic mass is 9.86. The first kappa shape index (κ1) is 33.6. The van der Waals surface area contributed by atoms with E-state index in [1.54, 1.807) is 67.2 Å². The van der Waals surface area contributed by atoms with E-state index in [1.165, 1.54) is 33.9 Å². The molecule has 4 aromatic carbocycles. The van der Waals surface area contributed by atoms with Gasteiger partial charge < -0.3 is 15.5 Å². The molecular formula is C38H34FN5O3S2. The summed E-state index contributed by atoms with van der Waals surface area (Å²) in [6.07, 6.45) is 0. The van der Waals surface area contributed by atoms with E-state index in [-0.39, 0.29) is 34.6 Å². The molecule has 0 aliphatic rings. The minimum atomic E-state index is -0.974. The fourth-order valence-corrected chi connectivity index (χ4v) is 7.01. The molecule has 1 atom stereocenters. The maximum Gasteiger partial charge on any atom is 0.281 e. The lowest BCUT2D eigenvalue weighted by molar-refractivity contribution is -0.132. The number of carbonyl (C=O) groups excluding carboxylic acids is 3. The first-order chi connectivity index (χ1) is 23.5. The number of hydrogen-bond acceptors (Lipinski definition) is 7. The van der Waals surface area contributed by atoms with Gasteiger partial charge in [0.2, 0.25) is 5.91 Å². The molecule has 8 nitrogen and oxygen atoms in total. The van der Waals surface area contributed by atoms with Gasteiger partial charge >= 0.3 is 0 Å². The van der Waals surface area contributed by atoms with Gasteiger partial charge in [0, 0.05) is 19.3 Å². The number of nitrogens with one attached hydrogen (secondary N) is 2. The number of thiazole rings is 2. The predicted octanol–water partition coefficient (Wildman–Crippen LogP) is 8.24. The lowest BCUT2D eigenvalue weighted by Crippen LogP contribution is -2.41. The Morgan fingerprint density at radius 3 is 2.31 bits per heavy atom. The Morgan fingerprint density at radius 1 is 0.898 bits per heavy atom. The molecule has 0 spiro atoms. The molecule has 0 radical (unpaired) electrons. The highest BCUT2D eigenvalue weighted by Gasteiger charge is 2.28. The number of amides is 3. The highest BCUT2D eigenvalue weighted by molar-refractivity contribution is 7.20. The van der Waals surface area contributed by atoms with Gasteiger partial charge in [-0.25, -0.2) is 14.4 Å². The number of nitrogens with zero attached hydrogens (tertiary/aromatic N) is 3. The van der Waals surface area contributed by atoms with Crippen molar-refractivity contribution in [2.45, 2.75) is 38.8 Å². The number of fused-ring (bicyclic) bond motifs is 1. The number of carbonyl (C=O) groups is 3. The first-order valence-electron chi connectivity index (χ1n) is 15.6. The summed E-state index contributed by atoms with van der Waals surface area (Å²) in [5.41, 5.74) is 6.62. The molecule has 0 bridgehead atoms. The summed E-state index contributed by atoms with van der Waals surface area (Å²) in [6, 6.07) is 27.3. The van der Waals surface area contributed by atoms with Crippen LogP contribution in [0.1, 0.15) is 63.8 Å². The van der Waals surface area contributed by atoms with Crippen molar-refractivity contribution in [2.75, 3.05) is 12.4 Å². The van der Waals surface area contributed by atoms with E-state index < -0.39 is 11.9 Å². The van der Waals surface area contributed by atoms with Crippen LogP contribution in [0.2, 0.25) is 0 Å². The number of halogens is 1. The van der Waals surface area contributed by atoms with E-state index in [0.717, 1.165) is 27.3 Å². The topological polar surface area (TPSA) is 104 Å². The molecule has 2 aromatic heterocycles. The molecule has 0 fully saturated rings. The molecule has 0 saturated carbocycles. The van der Waals surface area contributed by atoms with Crippen LogP contribution in [0.4, 0.5) is 10.1 Å². The highest BCUT2D eigenvalue weighted by Crippen LogP contribution is 2.32. The SMILES string of the molecule is CN(Cc1ccc(F)cc1)C(=O)[C@@H](NC(=O)c1nc2ccc(NC(=O)c3ncsc3-c3ccc(C(C)(C)C)cc3)cc2s1)c1ccccc1. The van der Waals surface area contributed by atoms with Crippen LogP contribution in [0.3, 0.4) is 0 Å². The molecule has 0 aliphatic carbocycles. The first-order valence-corrected chi connectivity index (χ1v) is 17.3. The van der Waals surface area contributed by atoms with Gasteiger partial charge in [-0.2, -0.15) is 0 Å². The van der Waals surface area contributed by atoms with Crippen molar-refractivity contribution in [3.63, 3.8) is 0 Å². The van der Waals surface area contributed by atoms with Crippen molar-refractivity contribution < 1.29 is 18.8 Å². The van der Waals surface area contributed by atoms with Crippen LogP contribution >= 0.6 is 22.7 Å². The number of likely N-dealkylation sites (N-methyl/N-ethyl adjacent to an activating group) is 1. The average Bonchev–Trinajstić information content (AvgIpc) is 3.76. The lowest BCUT2D eigenvalue weighted by Gasteiger charge is -2.25. The zero-order valence-corrected chi connectivity index (χ0v) is 29.0. The van der Waals surface area contributed by atoms with Crippen molar-refractivity contribution in [3.05, 3.63) is 136 Å². The third kappa shape index (κ3) is 7.74. The van der Waals surface area contributed by atoms with Crippen LogP contribution in [0.25, 0.3) is 20.7 Å². The van der Waals surface area contributed by atoms with Crippen molar-refractivity contribution in [2.24, 2.45) is 0 Å². The minimum absolute atomic E-state index is 0.0201. The van der Waals surface area contributed by atoms with Crippen LogP contribution in [-0.4, -0.2) is 39.6 Å². The number of hydrogen-bond donors (Lipinski definition) is 2. The van der Waals surface area contributed by atoms with Gasteiger partial charge in [0.25, 0.3) is 11.8 Å². The predicted molar refractivity (Wildman–Crippen MR) is 193 cm³/mol. The maximum absolute atomic E-state index is 13.6. The summed E-state index contributed by atoms with van der Waals surface area (Å²) in [5, 5.41) is 5.98. The smallest absolute Gasteiger partial charge is 0.281 e. The standard InChI is InChI=1S/C38H34FN5O3S2/c1-38(2,3)26-14-12-25(13-15-26)33-32(40-22-48-33)34(45)41-28-18-19-29-30(20-28)49-36(42-29)35(46)43-31(24-8-6-5-7-9-24)37(47)44(4)21-23-10-16-27(39)17-11-23/h5-20,22,31H,21H2,1-4H3,(H,41,45)(H,43,46)/t31-/m0/s1. The second-order valence-corrected chi connectivity index (χ2v) is 14.5. The number of rotatable bonds is 9. The Kier molecular flexibility index (Phi) is 9.66. The third-order valence-electron chi connectivity index (χ3n) is 8.00. The monoisotopic (exact) mass is 691 g/mol. The third-order valence-corrected chi connectivity index (χ3v) is 9.89. The van der Waals surface area contributed by atoms with Crippen LogP contribution in [0.5, 0.6) is 0 Å². The molecule has 11 heteroatoms. The molecule has 0 unspecified atom stereocenters. The van der Waals surface area contributed by atoms with Gasteiger partial charge in [-0.1, -0.05) is 87.5 Å². The van der Waals surface area contributed by atoms with Crippen LogP contribution < -0.4 is 10.6 Å². The van der Waals surface area contributed by atoms with Crippen LogP contribution in [0, 0.1) is 5.82 Å². The second kappa shape index (κ2) is 14.1. The maximum atomic E-state index is 13.6. The molecule has 0 aliphatic heterocycles. The Morgan fingerprint density at radius 2 is 1.61 bits per heavy atom. The fourth-order valence-electron chi connectivity index (χ4n) is 5.31. The summed E-state index contributed by atoms with van der Waals surface area (Å²) < 4.78 is 14.1. The van der Waals surface area contributed by atoms with Gasteiger partial charge in [-0.3, -0.25) is 14.4 Å². The Bertz CT molecular complexity index is 2120. The number of anilines is 1. The van der Waals surface area contributed by atoms with Gasteiger partial charge in [0.05, 0.1) is 20.6 Å². The molecule has 6 rings (SSSR count). The van der Waals surface area contributed by atoms with Gasteiger partial charge in [0.15, 0.2) is 5.01 Å².